The summed E-state index contributed by atoms with van der Waals surface area (Å²) in [6.07, 6.45) is 0. The Hall–Kier alpha value is -3.03. The summed E-state index contributed by atoms with van der Waals surface area (Å²) in [6.45, 7) is 6.53. The van der Waals surface area contributed by atoms with E-state index in [0.717, 1.165) is 5.56 Å². The maximum Gasteiger partial charge on any atom is 0.272 e. The van der Waals surface area contributed by atoms with Crippen LogP contribution in [0.5, 0.6) is 11.5 Å². The Morgan fingerprint density at radius 2 is 1.81 bits per heavy atom. The van der Waals surface area contributed by atoms with Gasteiger partial charge in [-0.25, -0.2) is 0 Å². The van der Waals surface area contributed by atoms with Crippen LogP contribution in [0.4, 0.5) is 5.82 Å². The number of hydrogen-bond acceptors (Lipinski definition) is 5. The molecule has 8 heteroatoms. The molecule has 2 heterocycles. The van der Waals surface area contributed by atoms with Crippen molar-refractivity contribution >= 4 is 17.6 Å². The first kappa shape index (κ1) is 18.8. The van der Waals surface area contributed by atoms with Crippen LogP contribution in [-0.2, 0) is 11.8 Å². The van der Waals surface area contributed by atoms with Gasteiger partial charge in [-0.3, -0.25) is 14.3 Å². The van der Waals surface area contributed by atoms with Crippen LogP contribution in [0.1, 0.15) is 42.9 Å². The Morgan fingerprint density at radius 1 is 1.11 bits per heavy atom. The molecule has 0 saturated carbocycles. The standard InChI is InChI=1S/C19H24N4O4/c1-11(2)18(24)21-17-10-14(22-23(17)4)19(25)20-12(3)13-5-6-15-16(9-13)27-8-7-26-15/h5-6,9-12H,7-8H2,1-4H3,(H,20,25)(H,21,24). The predicted octanol–water partition coefficient (Wildman–Crippen LogP) is 2.28. The number of aryl methyl sites for hydroxylation is 1. The van der Waals surface area contributed by atoms with Crippen molar-refractivity contribution in [3.8, 4) is 11.5 Å². The molecule has 27 heavy (non-hydrogen) atoms. The molecule has 1 aliphatic rings. The number of nitrogens with one attached hydrogen (secondary N) is 2. The third-order valence-electron chi connectivity index (χ3n) is 4.30. The number of amides is 2. The van der Waals surface area contributed by atoms with Gasteiger partial charge in [-0.05, 0) is 24.6 Å². The van der Waals surface area contributed by atoms with Crippen molar-refractivity contribution in [2.24, 2.45) is 13.0 Å². The number of fused-ring (bicyclic) bond motifs is 1. The number of anilines is 1. The summed E-state index contributed by atoms with van der Waals surface area (Å²) in [5.41, 5.74) is 1.14. The van der Waals surface area contributed by atoms with Crippen LogP contribution in [0.3, 0.4) is 0 Å². The van der Waals surface area contributed by atoms with Gasteiger partial charge in [0.1, 0.15) is 19.0 Å². The Balaban J connectivity index is 1.69. The number of hydrogen-bond donors (Lipinski definition) is 2. The number of benzene rings is 1. The highest BCUT2D eigenvalue weighted by Crippen LogP contribution is 2.32. The summed E-state index contributed by atoms with van der Waals surface area (Å²) < 4.78 is 12.6. The molecule has 1 unspecified atom stereocenters. The Morgan fingerprint density at radius 3 is 2.52 bits per heavy atom. The molecule has 0 spiro atoms. The highest BCUT2D eigenvalue weighted by molar-refractivity contribution is 5.96. The molecule has 0 aliphatic carbocycles. The fourth-order valence-corrected chi connectivity index (χ4v) is 2.65. The second-order valence-electron chi connectivity index (χ2n) is 6.78. The first-order valence-corrected chi connectivity index (χ1v) is 8.90. The minimum Gasteiger partial charge on any atom is -0.486 e. The molecule has 0 radical (unpaired) electrons. The van der Waals surface area contributed by atoms with Crippen LogP contribution in [0.25, 0.3) is 0 Å². The Bertz CT molecular complexity index is 859. The average molecular weight is 372 g/mol. The maximum atomic E-state index is 12.5. The van der Waals surface area contributed by atoms with E-state index in [2.05, 4.69) is 15.7 Å². The summed E-state index contributed by atoms with van der Waals surface area (Å²) in [4.78, 5) is 24.4. The van der Waals surface area contributed by atoms with Gasteiger partial charge in [-0.15, -0.1) is 0 Å². The Labute approximate surface area is 157 Å². The molecule has 1 aromatic heterocycles. The number of ether oxygens (including phenoxy) is 2. The number of nitrogens with zero attached hydrogens (tertiary/aromatic N) is 2. The van der Waals surface area contributed by atoms with Crippen molar-refractivity contribution in [1.29, 1.82) is 0 Å². The van der Waals surface area contributed by atoms with E-state index in [1.54, 1.807) is 27.0 Å². The minimum atomic E-state index is -0.321. The monoisotopic (exact) mass is 372 g/mol. The third-order valence-corrected chi connectivity index (χ3v) is 4.30. The average Bonchev–Trinajstić information content (AvgIpc) is 3.01. The van der Waals surface area contributed by atoms with Crippen LogP contribution >= 0.6 is 0 Å². The summed E-state index contributed by atoms with van der Waals surface area (Å²) in [5.74, 6) is 1.25. The van der Waals surface area contributed by atoms with E-state index in [4.69, 9.17) is 9.47 Å². The van der Waals surface area contributed by atoms with Gasteiger partial charge in [-0.2, -0.15) is 5.10 Å². The van der Waals surface area contributed by atoms with Crippen LogP contribution in [0.15, 0.2) is 24.3 Å². The maximum absolute atomic E-state index is 12.5. The number of carbonyl (C=O) groups excluding carboxylic acids is 2. The van der Waals surface area contributed by atoms with Crippen LogP contribution in [0.2, 0.25) is 0 Å². The molecule has 3 rings (SSSR count). The van der Waals surface area contributed by atoms with Crippen molar-refractivity contribution in [2.75, 3.05) is 18.5 Å². The molecule has 0 saturated heterocycles. The van der Waals surface area contributed by atoms with Gasteiger partial charge in [0.25, 0.3) is 5.91 Å². The van der Waals surface area contributed by atoms with Crippen molar-refractivity contribution in [1.82, 2.24) is 15.1 Å². The summed E-state index contributed by atoms with van der Waals surface area (Å²) in [5, 5.41) is 9.85. The predicted molar refractivity (Wildman–Crippen MR) is 100.0 cm³/mol. The number of aromatic nitrogens is 2. The fourth-order valence-electron chi connectivity index (χ4n) is 2.65. The molecule has 0 fully saturated rings. The van der Waals surface area contributed by atoms with Crippen molar-refractivity contribution < 1.29 is 19.1 Å². The summed E-state index contributed by atoms with van der Waals surface area (Å²) in [7, 11) is 1.68. The molecule has 144 valence electrons. The second kappa shape index (κ2) is 7.69. The fraction of sp³-hybridized carbons (Fsp3) is 0.421. The van der Waals surface area contributed by atoms with Gasteiger partial charge in [0.15, 0.2) is 17.2 Å². The molecule has 2 amide bonds. The SMILES string of the molecule is CC(C)C(=O)Nc1cc(C(=O)NC(C)c2ccc3c(c2)OCCO3)nn1C. The van der Waals surface area contributed by atoms with E-state index in [1.807, 2.05) is 25.1 Å². The van der Waals surface area contributed by atoms with Gasteiger partial charge in [0, 0.05) is 19.0 Å². The van der Waals surface area contributed by atoms with E-state index in [9.17, 15) is 9.59 Å². The highest BCUT2D eigenvalue weighted by Gasteiger charge is 2.19. The molecule has 8 nitrogen and oxygen atoms in total. The lowest BCUT2D eigenvalue weighted by Gasteiger charge is -2.21. The van der Waals surface area contributed by atoms with E-state index in [-0.39, 0.29) is 29.5 Å². The van der Waals surface area contributed by atoms with E-state index < -0.39 is 0 Å². The van der Waals surface area contributed by atoms with Crippen molar-refractivity contribution in [3.63, 3.8) is 0 Å². The van der Waals surface area contributed by atoms with Gasteiger partial charge < -0.3 is 20.1 Å². The molecule has 1 atom stereocenters. The lowest BCUT2D eigenvalue weighted by atomic mass is 10.1. The van der Waals surface area contributed by atoms with Gasteiger partial charge in [-0.1, -0.05) is 19.9 Å². The van der Waals surface area contributed by atoms with Gasteiger partial charge >= 0.3 is 0 Å². The smallest absolute Gasteiger partial charge is 0.272 e. The molecule has 2 N–H and O–H groups in total. The Kier molecular flexibility index (Phi) is 5.34. The van der Waals surface area contributed by atoms with E-state index in [0.29, 0.717) is 30.5 Å². The third kappa shape index (κ3) is 4.21. The molecule has 1 aromatic carbocycles. The van der Waals surface area contributed by atoms with Crippen molar-refractivity contribution in [2.45, 2.75) is 26.8 Å². The zero-order chi connectivity index (χ0) is 19.6. The summed E-state index contributed by atoms with van der Waals surface area (Å²) in [6, 6.07) is 6.92. The molecule has 2 aromatic rings. The first-order valence-electron chi connectivity index (χ1n) is 8.90. The highest BCUT2D eigenvalue weighted by atomic mass is 16.6. The van der Waals surface area contributed by atoms with Gasteiger partial charge in [0.05, 0.1) is 6.04 Å². The van der Waals surface area contributed by atoms with Crippen LogP contribution < -0.4 is 20.1 Å². The molecule has 1 aliphatic heterocycles. The molecular weight excluding hydrogens is 348 g/mol. The first-order chi connectivity index (χ1) is 12.8. The van der Waals surface area contributed by atoms with Crippen LogP contribution in [0, 0.1) is 5.92 Å². The number of carbonyl (C=O) groups is 2. The second-order valence-corrected chi connectivity index (χ2v) is 6.78. The zero-order valence-electron chi connectivity index (χ0n) is 15.9. The largest absolute Gasteiger partial charge is 0.486 e. The quantitative estimate of drug-likeness (QED) is 0.840. The normalized spacial score (nSPS) is 14.0. The minimum absolute atomic E-state index is 0.130. The zero-order valence-corrected chi connectivity index (χ0v) is 15.9. The van der Waals surface area contributed by atoms with Crippen molar-refractivity contribution in [3.05, 3.63) is 35.5 Å². The van der Waals surface area contributed by atoms with Crippen LogP contribution in [-0.4, -0.2) is 34.8 Å². The lowest BCUT2D eigenvalue weighted by molar-refractivity contribution is -0.118. The van der Waals surface area contributed by atoms with Gasteiger partial charge in [0.2, 0.25) is 5.91 Å². The topological polar surface area (TPSA) is 94.5 Å². The van der Waals surface area contributed by atoms with E-state index >= 15 is 0 Å². The molecule has 0 bridgehead atoms. The van der Waals surface area contributed by atoms with E-state index in [1.165, 1.54) is 4.68 Å². The lowest BCUT2D eigenvalue weighted by Crippen LogP contribution is -2.27. The summed E-state index contributed by atoms with van der Waals surface area (Å²) >= 11 is 0. The number of rotatable bonds is 5. The molecular formula is C19H24N4O4.